The van der Waals surface area contributed by atoms with Crippen LogP contribution in [-0.4, -0.2) is 18.7 Å². The van der Waals surface area contributed by atoms with Gasteiger partial charge in [-0.25, -0.2) is 9.78 Å². The van der Waals surface area contributed by atoms with Crippen molar-refractivity contribution >= 4 is 23.3 Å². The van der Waals surface area contributed by atoms with Crippen LogP contribution in [0, 0.1) is 0 Å². The first-order valence-electron chi connectivity index (χ1n) is 8.23. The lowest BCUT2D eigenvalue weighted by Crippen LogP contribution is -2.40. The Morgan fingerprint density at radius 3 is 2.31 bits per heavy atom. The number of hydrogen-bond donors (Lipinski definition) is 0. The van der Waals surface area contributed by atoms with E-state index in [1.165, 1.54) is 10.6 Å². The van der Waals surface area contributed by atoms with Crippen molar-refractivity contribution in [2.75, 3.05) is 0 Å². The van der Waals surface area contributed by atoms with Gasteiger partial charge in [-0.3, -0.25) is 13.9 Å². The number of benzene rings is 1. The molecular weight excluding hydrogens is 328 g/mol. The molecular formula is C20H20N4O2. The summed E-state index contributed by atoms with van der Waals surface area (Å²) in [6.07, 6.45) is 6.88. The van der Waals surface area contributed by atoms with Crippen LogP contribution in [0.5, 0.6) is 0 Å². The Morgan fingerprint density at radius 2 is 1.65 bits per heavy atom. The van der Waals surface area contributed by atoms with E-state index in [1.54, 1.807) is 17.7 Å². The minimum absolute atomic E-state index is 0.144. The molecule has 0 amide bonds. The number of nitrogens with zero attached hydrogens (tertiary/aromatic N) is 4. The molecule has 1 aromatic carbocycles. The van der Waals surface area contributed by atoms with Crippen molar-refractivity contribution in [3.05, 3.63) is 87.9 Å². The van der Waals surface area contributed by atoms with Gasteiger partial charge in [-0.05, 0) is 11.6 Å². The molecule has 3 rings (SSSR count). The Morgan fingerprint density at radius 1 is 1.00 bits per heavy atom. The summed E-state index contributed by atoms with van der Waals surface area (Å²) in [5.74, 6) is 0.592. The Labute approximate surface area is 150 Å². The fraction of sp³-hybridized carbons (Fsp3) is 0.150. The quantitative estimate of drug-likeness (QED) is 0.643. The number of imidazole rings is 1. The predicted octanol–water partition coefficient (Wildman–Crippen LogP) is 2.44. The molecule has 6 heteroatoms. The number of hydrogen-bond acceptors (Lipinski definition) is 3. The minimum atomic E-state index is -0.418. The van der Waals surface area contributed by atoms with Crippen LogP contribution < -0.4 is 11.2 Å². The molecule has 0 aliphatic heterocycles. The van der Waals surface area contributed by atoms with Crippen LogP contribution in [0.2, 0.25) is 0 Å². The van der Waals surface area contributed by atoms with Gasteiger partial charge in [0.15, 0.2) is 11.2 Å². The largest absolute Gasteiger partial charge is 0.333 e. The predicted molar refractivity (Wildman–Crippen MR) is 105 cm³/mol. The van der Waals surface area contributed by atoms with Crippen molar-refractivity contribution in [3.8, 4) is 0 Å². The lowest BCUT2D eigenvalue weighted by molar-refractivity contribution is 0.644. The maximum absolute atomic E-state index is 12.8. The van der Waals surface area contributed by atoms with Crippen LogP contribution in [-0.2, 0) is 20.1 Å². The number of aryl methyl sites for hydroxylation is 1. The average molecular weight is 348 g/mol. The summed E-state index contributed by atoms with van der Waals surface area (Å²) < 4.78 is 4.31. The second-order valence-corrected chi connectivity index (χ2v) is 5.83. The van der Waals surface area contributed by atoms with Crippen LogP contribution in [0.1, 0.15) is 11.4 Å². The molecule has 0 unspecified atom stereocenters. The third-order valence-electron chi connectivity index (χ3n) is 4.12. The van der Waals surface area contributed by atoms with Crippen molar-refractivity contribution in [1.29, 1.82) is 0 Å². The van der Waals surface area contributed by atoms with Gasteiger partial charge >= 0.3 is 5.69 Å². The van der Waals surface area contributed by atoms with E-state index < -0.39 is 5.69 Å². The molecule has 3 aromatic rings. The van der Waals surface area contributed by atoms with E-state index in [-0.39, 0.29) is 18.6 Å². The van der Waals surface area contributed by atoms with Crippen LogP contribution >= 0.6 is 0 Å². The number of fused-ring (bicyclic) bond motifs is 1. The lowest BCUT2D eigenvalue weighted by atomic mass is 10.2. The van der Waals surface area contributed by atoms with E-state index in [9.17, 15) is 9.59 Å². The summed E-state index contributed by atoms with van der Waals surface area (Å²) >= 11 is 0. The zero-order chi connectivity index (χ0) is 18.7. The molecule has 0 aliphatic rings. The van der Waals surface area contributed by atoms with Crippen molar-refractivity contribution < 1.29 is 0 Å². The Bertz CT molecular complexity index is 1110. The zero-order valence-electron chi connectivity index (χ0n) is 14.6. The number of rotatable bonds is 6. The minimum Gasteiger partial charge on any atom is -0.322 e. The molecule has 0 N–H and O–H groups in total. The zero-order valence-corrected chi connectivity index (χ0v) is 14.6. The second kappa shape index (κ2) is 7.23. The molecule has 0 spiro atoms. The highest BCUT2D eigenvalue weighted by atomic mass is 16.2. The van der Waals surface area contributed by atoms with Crippen LogP contribution in [0.25, 0.3) is 23.3 Å². The molecule has 0 bridgehead atoms. The monoisotopic (exact) mass is 348 g/mol. The lowest BCUT2D eigenvalue weighted by Gasteiger charge is -2.08. The molecule has 0 atom stereocenters. The van der Waals surface area contributed by atoms with Gasteiger partial charge in [-0.15, -0.1) is 13.2 Å². The summed E-state index contributed by atoms with van der Waals surface area (Å²) in [4.78, 5) is 30.0. The first-order chi connectivity index (χ1) is 12.6. The second-order valence-electron chi connectivity index (χ2n) is 5.83. The van der Waals surface area contributed by atoms with E-state index >= 15 is 0 Å². The summed E-state index contributed by atoms with van der Waals surface area (Å²) in [6, 6.07) is 9.80. The van der Waals surface area contributed by atoms with Crippen LogP contribution in [0.4, 0.5) is 0 Å². The highest BCUT2D eigenvalue weighted by molar-refractivity contribution is 5.76. The van der Waals surface area contributed by atoms with Gasteiger partial charge < -0.3 is 4.57 Å². The summed E-state index contributed by atoms with van der Waals surface area (Å²) in [6.45, 7) is 7.73. The molecule has 0 aliphatic carbocycles. The summed E-state index contributed by atoms with van der Waals surface area (Å²) in [7, 11) is 1.77. The smallest absolute Gasteiger partial charge is 0.322 e. The molecule has 0 saturated carbocycles. The van der Waals surface area contributed by atoms with Gasteiger partial charge in [-0.1, -0.05) is 48.6 Å². The van der Waals surface area contributed by atoms with Crippen molar-refractivity contribution in [3.63, 3.8) is 0 Å². The highest BCUT2D eigenvalue weighted by Crippen LogP contribution is 2.13. The topological polar surface area (TPSA) is 61.8 Å². The fourth-order valence-electron chi connectivity index (χ4n) is 2.85. The molecule has 2 heterocycles. The Hall–Kier alpha value is -3.41. The molecule has 0 fully saturated rings. The first kappa shape index (κ1) is 17.4. The normalized spacial score (nSPS) is 11.3. The SMILES string of the molecule is C=CCn1c(=O)c2c(nc(C=Cc3ccccc3)n2C)n(CC=C)c1=O. The standard InChI is InChI=1S/C20H20N4O2/c1-4-13-23-18-17(19(25)24(14-5-2)20(23)26)22(3)16(21-18)12-11-15-9-7-6-8-10-15/h4-12H,1-2,13-14H2,3H3. The average Bonchev–Trinajstić information content (AvgIpc) is 2.98. The van der Waals surface area contributed by atoms with E-state index in [2.05, 4.69) is 18.1 Å². The first-order valence-corrected chi connectivity index (χ1v) is 8.23. The molecule has 0 saturated heterocycles. The van der Waals surface area contributed by atoms with Gasteiger partial charge in [0.25, 0.3) is 5.56 Å². The summed E-state index contributed by atoms with van der Waals surface area (Å²) in [5.41, 5.74) is 0.960. The van der Waals surface area contributed by atoms with Crippen LogP contribution in [0.3, 0.4) is 0 Å². The molecule has 6 nitrogen and oxygen atoms in total. The maximum atomic E-state index is 12.8. The van der Waals surface area contributed by atoms with Gasteiger partial charge in [0.2, 0.25) is 0 Å². The van der Waals surface area contributed by atoms with E-state index in [0.29, 0.717) is 17.0 Å². The Kier molecular flexibility index (Phi) is 4.84. The third kappa shape index (κ3) is 2.97. The van der Waals surface area contributed by atoms with E-state index in [4.69, 9.17) is 0 Å². The third-order valence-corrected chi connectivity index (χ3v) is 4.12. The molecule has 26 heavy (non-hydrogen) atoms. The molecule has 2 aromatic heterocycles. The highest BCUT2D eigenvalue weighted by Gasteiger charge is 2.18. The van der Waals surface area contributed by atoms with Gasteiger partial charge in [0.1, 0.15) is 5.82 Å². The van der Waals surface area contributed by atoms with E-state index in [0.717, 1.165) is 10.1 Å². The number of allylic oxidation sites excluding steroid dienone is 2. The fourth-order valence-corrected chi connectivity index (χ4v) is 2.85. The van der Waals surface area contributed by atoms with Gasteiger partial charge in [0, 0.05) is 20.1 Å². The molecule has 0 radical (unpaired) electrons. The number of aromatic nitrogens is 4. The summed E-state index contributed by atoms with van der Waals surface area (Å²) in [5, 5.41) is 0. The Balaban J connectivity index is 2.25. The van der Waals surface area contributed by atoms with Gasteiger partial charge in [-0.2, -0.15) is 0 Å². The molecule has 132 valence electrons. The van der Waals surface area contributed by atoms with Crippen molar-refractivity contribution in [1.82, 2.24) is 18.7 Å². The van der Waals surface area contributed by atoms with Crippen molar-refractivity contribution in [2.45, 2.75) is 13.1 Å². The van der Waals surface area contributed by atoms with E-state index in [1.807, 2.05) is 42.5 Å². The van der Waals surface area contributed by atoms with Crippen LogP contribution in [0.15, 0.2) is 65.2 Å². The van der Waals surface area contributed by atoms with Crippen molar-refractivity contribution in [2.24, 2.45) is 7.05 Å². The maximum Gasteiger partial charge on any atom is 0.333 e. The van der Waals surface area contributed by atoms with Gasteiger partial charge in [0.05, 0.1) is 0 Å².